The summed E-state index contributed by atoms with van der Waals surface area (Å²) in [6.07, 6.45) is 3.56. The van der Waals surface area contributed by atoms with E-state index in [4.69, 9.17) is 0 Å². The number of nitro groups is 1. The van der Waals surface area contributed by atoms with Crippen molar-refractivity contribution in [3.63, 3.8) is 0 Å². The van der Waals surface area contributed by atoms with Crippen LogP contribution in [0.5, 0.6) is 0 Å². The number of nitrogens with zero attached hydrogens (tertiary/aromatic N) is 2. The van der Waals surface area contributed by atoms with E-state index in [-0.39, 0.29) is 22.9 Å². The van der Waals surface area contributed by atoms with Gasteiger partial charge in [-0.3, -0.25) is 10.1 Å². The normalized spacial score (nSPS) is 15.8. The molecule has 150 valence electrons. The van der Waals surface area contributed by atoms with E-state index in [1.54, 1.807) is 24.3 Å². The van der Waals surface area contributed by atoms with Gasteiger partial charge in [0, 0.05) is 24.8 Å². The van der Waals surface area contributed by atoms with Gasteiger partial charge in [-0.15, -0.1) is 0 Å². The molecule has 2 N–H and O–H groups in total. The Hall–Kier alpha value is -2.49. The Balaban J connectivity index is 1.93. The van der Waals surface area contributed by atoms with E-state index in [2.05, 4.69) is 5.32 Å². The molecular formula is C19H23N3O5S. The summed E-state index contributed by atoms with van der Waals surface area (Å²) in [5.74, 6) is 0. The summed E-state index contributed by atoms with van der Waals surface area (Å²) in [6.45, 7) is 0.721. The fourth-order valence-electron chi connectivity index (χ4n) is 3.26. The topological polar surface area (TPSA) is 113 Å². The van der Waals surface area contributed by atoms with Crippen molar-refractivity contribution < 1.29 is 18.4 Å². The molecule has 1 saturated heterocycles. The molecule has 1 fully saturated rings. The number of sulfonamides is 1. The number of benzene rings is 2. The van der Waals surface area contributed by atoms with Crippen molar-refractivity contribution in [2.45, 2.75) is 37.2 Å². The highest BCUT2D eigenvalue weighted by molar-refractivity contribution is 7.89. The van der Waals surface area contributed by atoms with Crippen LogP contribution in [0.25, 0.3) is 0 Å². The van der Waals surface area contributed by atoms with Gasteiger partial charge in [0.1, 0.15) is 5.69 Å². The maximum Gasteiger partial charge on any atom is 0.294 e. The first kappa shape index (κ1) is 20.2. The van der Waals surface area contributed by atoms with Gasteiger partial charge < -0.3 is 10.4 Å². The average molecular weight is 405 g/mol. The van der Waals surface area contributed by atoms with Crippen molar-refractivity contribution in [1.82, 2.24) is 4.31 Å². The van der Waals surface area contributed by atoms with Gasteiger partial charge in [0.2, 0.25) is 10.0 Å². The molecule has 0 radical (unpaired) electrons. The van der Waals surface area contributed by atoms with E-state index in [1.807, 2.05) is 0 Å². The Morgan fingerprint density at radius 3 is 2.43 bits per heavy atom. The minimum atomic E-state index is -3.77. The summed E-state index contributed by atoms with van der Waals surface area (Å²) in [6, 6.07) is 10.8. The zero-order valence-electron chi connectivity index (χ0n) is 15.4. The summed E-state index contributed by atoms with van der Waals surface area (Å²) >= 11 is 0. The first-order valence-corrected chi connectivity index (χ1v) is 10.6. The van der Waals surface area contributed by atoms with E-state index < -0.39 is 14.9 Å². The Labute approximate surface area is 164 Å². The Morgan fingerprint density at radius 2 is 1.79 bits per heavy atom. The molecule has 0 atom stereocenters. The molecule has 0 spiro atoms. The van der Waals surface area contributed by atoms with Gasteiger partial charge in [-0.05, 0) is 42.7 Å². The molecule has 2 aromatic carbocycles. The fraction of sp³-hybridized carbons (Fsp3) is 0.368. The van der Waals surface area contributed by atoms with Gasteiger partial charge in [0.05, 0.1) is 16.4 Å². The molecule has 3 rings (SSSR count). The van der Waals surface area contributed by atoms with Crippen LogP contribution in [0.15, 0.2) is 47.4 Å². The molecule has 0 unspecified atom stereocenters. The Bertz CT molecular complexity index is 954. The summed E-state index contributed by atoms with van der Waals surface area (Å²) in [7, 11) is -3.77. The number of hydrogen-bond acceptors (Lipinski definition) is 6. The third kappa shape index (κ3) is 4.49. The highest BCUT2D eigenvalue weighted by Gasteiger charge is 2.28. The second-order valence-corrected chi connectivity index (χ2v) is 8.68. The summed E-state index contributed by atoms with van der Waals surface area (Å²) < 4.78 is 27.3. The molecule has 8 nitrogen and oxygen atoms in total. The minimum Gasteiger partial charge on any atom is -0.392 e. The first-order valence-electron chi connectivity index (χ1n) is 9.17. The Kier molecular flexibility index (Phi) is 6.28. The largest absolute Gasteiger partial charge is 0.392 e. The van der Waals surface area contributed by atoms with Crippen LogP contribution in [0.3, 0.4) is 0 Å². The highest BCUT2D eigenvalue weighted by atomic mass is 32.2. The van der Waals surface area contributed by atoms with E-state index in [9.17, 15) is 23.6 Å². The number of nitrogens with one attached hydrogen (secondary N) is 1. The molecular weight excluding hydrogens is 382 g/mol. The van der Waals surface area contributed by atoms with Crippen molar-refractivity contribution in [3.8, 4) is 0 Å². The third-order valence-electron chi connectivity index (χ3n) is 4.76. The van der Waals surface area contributed by atoms with Crippen molar-refractivity contribution in [3.05, 3.63) is 58.1 Å². The molecule has 2 aromatic rings. The second kappa shape index (κ2) is 8.68. The lowest BCUT2D eigenvalue weighted by Gasteiger charge is -2.20. The second-order valence-electron chi connectivity index (χ2n) is 6.74. The summed E-state index contributed by atoms with van der Waals surface area (Å²) in [5.41, 5.74) is 1.10. The van der Waals surface area contributed by atoms with Crippen LogP contribution in [-0.4, -0.2) is 35.8 Å². The van der Waals surface area contributed by atoms with Gasteiger partial charge >= 0.3 is 0 Å². The first-order chi connectivity index (χ1) is 13.4. The molecule has 9 heteroatoms. The van der Waals surface area contributed by atoms with Gasteiger partial charge in [0.25, 0.3) is 5.69 Å². The maximum absolute atomic E-state index is 12.9. The van der Waals surface area contributed by atoms with E-state index in [0.29, 0.717) is 24.3 Å². The predicted octanol–water partition coefficient (Wildman–Crippen LogP) is 3.40. The van der Waals surface area contributed by atoms with Crippen molar-refractivity contribution in [1.29, 1.82) is 0 Å². The number of aliphatic hydroxyl groups excluding tert-OH is 1. The average Bonchev–Trinajstić information content (AvgIpc) is 2.98. The van der Waals surface area contributed by atoms with Crippen LogP contribution in [0.1, 0.15) is 31.2 Å². The fourth-order valence-corrected chi connectivity index (χ4v) is 4.80. The van der Waals surface area contributed by atoms with E-state index in [1.165, 1.54) is 16.4 Å². The SMILES string of the molecule is O=[N+]([O-])c1cc(S(=O)(=O)N2CCCCCC2)ccc1Nc1cccc(CO)c1. The summed E-state index contributed by atoms with van der Waals surface area (Å²) in [5, 5.41) is 23.7. The van der Waals surface area contributed by atoms with Gasteiger partial charge in [-0.2, -0.15) is 4.31 Å². The van der Waals surface area contributed by atoms with Gasteiger partial charge in [0.15, 0.2) is 0 Å². The van der Waals surface area contributed by atoms with Crippen LogP contribution in [0.2, 0.25) is 0 Å². The number of aliphatic hydroxyl groups is 1. The smallest absolute Gasteiger partial charge is 0.294 e. The lowest BCUT2D eigenvalue weighted by molar-refractivity contribution is -0.384. The molecule has 1 aliphatic heterocycles. The minimum absolute atomic E-state index is 0.0734. The van der Waals surface area contributed by atoms with Crippen LogP contribution >= 0.6 is 0 Å². The molecule has 0 bridgehead atoms. The molecule has 1 heterocycles. The number of anilines is 2. The molecule has 0 aromatic heterocycles. The lowest BCUT2D eigenvalue weighted by Crippen LogP contribution is -2.32. The standard InChI is InChI=1S/C19H23N3O5S/c23-14-15-6-5-7-16(12-15)20-18-9-8-17(13-19(18)22(24)25)28(26,27)21-10-3-1-2-4-11-21/h5-9,12-13,20,23H,1-4,10-11,14H2. The number of nitro benzene ring substituents is 1. The zero-order valence-corrected chi connectivity index (χ0v) is 16.2. The van der Waals surface area contributed by atoms with E-state index in [0.717, 1.165) is 31.7 Å². The van der Waals surface area contributed by atoms with Gasteiger partial charge in [-0.1, -0.05) is 25.0 Å². The number of rotatable bonds is 6. The van der Waals surface area contributed by atoms with Crippen LogP contribution < -0.4 is 5.32 Å². The van der Waals surface area contributed by atoms with E-state index >= 15 is 0 Å². The summed E-state index contributed by atoms with van der Waals surface area (Å²) in [4.78, 5) is 10.9. The lowest BCUT2D eigenvalue weighted by atomic mass is 10.2. The quantitative estimate of drug-likeness (QED) is 0.563. The molecule has 1 aliphatic rings. The monoisotopic (exact) mass is 405 g/mol. The molecule has 0 aliphatic carbocycles. The molecule has 28 heavy (non-hydrogen) atoms. The highest BCUT2D eigenvalue weighted by Crippen LogP contribution is 2.32. The maximum atomic E-state index is 12.9. The van der Waals surface area contributed by atoms with Crippen molar-refractivity contribution in [2.24, 2.45) is 0 Å². The van der Waals surface area contributed by atoms with Crippen LogP contribution in [0, 0.1) is 10.1 Å². The van der Waals surface area contributed by atoms with Crippen molar-refractivity contribution in [2.75, 3.05) is 18.4 Å². The molecule has 0 amide bonds. The van der Waals surface area contributed by atoms with Gasteiger partial charge in [-0.25, -0.2) is 8.42 Å². The number of hydrogen-bond donors (Lipinski definition) is 2. The molecule has 0 saturated carbocycles. The van der Waals surface area contributed by atoms with Crippen LogP contribution in [0.4, 0.5) is 17.1 Å². The third-order valence-corrected chi connectivity index (χ3v) is 6.65. The Morgan fingerprint density at radius 1 is 1.07 bits per heavy atom. The van der Waals surface area contributed by atoms with Crippen molar-refractivity contribution >= 4 is 27.1 Å². The predicted molar refractivity (Wildman–Crippen MR) is 106 cm³/mol. The zero-order chi connectivity index (χ0) is 20.1. The van der Waals surface area contributed by atoms with Crippen LogP contribution in [-0.2, 0) is 16.6 Å².